The molecule has 2 amide bonds. The lowest BCUT2D eigenvalue weighted by atomic mass is 10.0. The fourth-order valence-corrected chi connectivity index (χ4v) is 8.51. The molecule has 234 valence electrons. The first-order valence-corrected chi connectivity index (χ1v) is 17.0. The van der Waals surface area contributed by atoms with Crippen LogP contribution in [0.5, 0.6) is 5.75 Å². The number of sulfone groups is 1. The van der Waals surface area contributed by atoms with Crippen molar-refractivity contribution in [3.05, 3.63) is 143 Å². The number of rotatable bonds is 10. The SMILES string of the molecule is Cc1ccc(S(=O)(=O)C2=C(C(=O)OC(c3ccccc3)c3ccccc3)N3C(=O)C(NC(=O)COc4ccccc4)[C@H]3SC2)cc1. The van der Waals surface area contributed by atoms with E-state index in [2.05, 4.69) is 5.32 Å². The number of ether oxygens (including phenoxy) is 2. The number of benzene rings is 4. The molecule has 1 unspecified atom stereocenters. The van der Waals surface area contributed by atoms with Crippen molar-refractivity contribution in [3.8, 4) is 5.75 Å². The fourth-order valence-electron chi connectivity index (χ4n) is 5.27. The van der Waals surface area contributed by atoms with E-state index >= 15 is 0 Å². The van der Waals surface area contributed by atoms with E-state index in [0.29, 0.717) is 16.9 Å². The van der Waals surface area contributed by atoms with Crippen molar-refractivity contribution < 1.29 is 32.3 Å². The lowest BCUT2D eigenvalue weighted by molar-refractivity contribution is -0.154. The van der Waals surface area contributed by atoms with E-state index in [0.717, 1.165) is 22.2 Å². The molecule has 9 nitrogen and oxygen atoms in total. The van der Waals surface area contributed by atoms with Gasteiger partial charge in [0.1, 0.15) is 22.9 Å². The van der Waals surface area contributed by atoms with Gasteiger partial charge in [0.05, 0.1) is 9.80 Å². The molecule has 0 radical (unpaired) electrons. The molecule has 0 bridgehead atoms. The fraction of sp³-hybridized carbons (Fsp3) is 0.171. The summed E-state index contributed by atoms with van der Waals surface area (Å²) in [5, 5.41) is 1.96. The number of fused-ring (bicyclic) bond motifs is 1. The largest absolute Gasteiger partial charge is 0.484 e. The van der Waals surface area contributed by atoms with E-state index in [1.807, 2.05) is 49.4 Å². The molecule has 0 aromatic heterocycles. The molecule has 2 atom stereocenters. The molecule has 46 heavy (non-hydrogen) atoms. The number of hydrogen-bond acceptors (Lipinski definition) is 8. The first-order chi connectivity index (χ1) is 22.2. The van der Waals surface area contributed by atoms with Crippen LogP contribution in [0.15, 0.2) is 131 Å². The molecule has 6 rings (SSSR count). The highest BCUT2D eigenvalue weighted by atomic mass is 32.2. The lowest BCUT2D eigenvalue weighted by Gasteiger charge is -2.49. The van der Waals surface area contributed by atoms with Gasteiger partial charge in [-0.2, -0.15) is 0 Å². The topological polar surface area (TPSA) is 119 Å². The Bertz CT molecular complexity index is 1840. The highest BCUT2D eigenvalue weighted by Crippen LogP contribution is 2.44. The molecule has 0 aliphatic carbocycles. The van der Waals surface area contributed by atoms with Gasteiger partial charge in [0.25, 0.3) is 11.8 Å². The van der Waals surface area contributed by atoms with Crippen molar-refractivity contribution >= 4 is 39.4 Å². The summed E-state index contributed by atoms with van der Waals surface area (Å²) in [7, 11) is -4.21. The molecule has 2 aliphatic rings. The van der Waals surface area contributed by atoms with Gasteiger partial charge in [-0.05, 0) is 42.3 Å². The van der Waals surface area contributed by atoms with Crippen LogP contribution in [0.4, 0.5) is 0 Å². The van der Waals surface area contributed by atoms with Gasteiger partial charge >= 0.3 is 5.97 Å². The Morgan fingerprint density at radius 3 is 2.02 bits per heavy atom. The van der Waals surface area contributed by atoms with E-state index < -0.39 is 45.1 Å². The maximum Gasteiger partial charge on any atom is 0.357 e. The number of nitrogens with zero attached hydrogens (tertiary/aromatic N) is 1. The molecule has 4 aromatic rings. The zero-order chi connectivity index (χ0) is 32.3. The van der Waals surface area contributed by atoms with Gasteiger partial charge in [-0.15, -0.1) is 11.8 Å². The molecule has 4 aromatic carbocycles. The minimum atomic E-state index is -4.21. The Hall–Kier alpha value is -4.87. The van der Waals surface area contributed by atoms with Gasteiger partial charge in [0.2, 0.25) is 9.84 Å². The van der Waals surface area contributed by atoms with Gasteiger partial charge in [-0.3, -0.25) is 14.5 Å². The Kier molecular flexibility index (Phi) is 8.96. The van der Waals surface area contributed by atoms with Gasteiger partial charge in [0, 0.05) is 5.75 Å². The van der Waals surface area contributed by atoms with E-state index in [9.17, 15) is 22.8 Å². The maximum atomic E-state index is 14.2. The first kappa shape index (κ1) is 31.1. The van der Waals surface area contributed by atoms with Crippen LogP contribution in [0.3, 0.4) is 0 Å². The predicted octanol–water partition coefficient (Wildman–Crippen LogP) is 4.79. The van der Waals surface area contributed by atoms with Gasteiger partial charge < -0.3 is 14.8 Å². The van der Waals surface area contributed by atoms with Crippen LogP contribution >= 0.6 is 11.8 Å². The summed E-state index contributed by atoms with van der Waals surface area (Å²) >= 11 is 1.15. The zero-order valence-corrected chi connectivity index (χ0v) is 26.4. The Labute approximate surface area is 271 Å². The molecular formula is C35H30N2O7S2. The summed E-state index contributed by atoms with van der Waals surface area (Å²) in [6.07, 6.45) is -0.874. The lowest BCUT2D eigenvalue weighted by Crippen LogP contribution is -2.71. The second-order valence-electron chi connectivity index (χ2n) is 10.8. The number of nitrogens with one attached hydrogen (secondary N) is 1. The van der Waals surface area contributed by atoms with Gasteiger partial charge in [-0.1, -0.05) is 96.6 Å². The predicted molar refractivity (Wildman–Crippen MR) is 173 cm³/mol. The highest BCUT2D eigenvalue weighted by Gasteiger charge is 2.56. The van der Waals surface area contributed by atoms with Crippen molar-refractivity contribution in [1.29, 1.82) is 0 Å². The Morgan fingerprint density at radius 1 is 0.870 bits per heavy atom. The number of β-lactam (4-membered cyclic amide) rings is 1. The van der Waals surface area contributed by atoms with E-state index in [4.69, 9.17) is 9.47 Å². The monoisotopic (exact) mass is 654 g/mol. The summed E-state index contributed by atoms with van der Waals surface area (Å²) in [4.78, 5) is 41.4. The number of para-hydroxylation sites is 1. The first-order valence-electron chi connectivity index (χ1n) is 14.5. The molecule has 1 N–H and O–H groups in total. The molecule has 2 heterocycles. The molecule has 1 saturated heterocycles. The van der Waals surface area contributed by atoms with Crippen LogP contribution in [0, 0.1) is 6.92 Å². The van der Waals surface area contributed by atoms with Gasteiger partial charge in [0.15, 0.2) is 12.7 Å². The summed E-state index contributed by atoms with van der Waals surface area (Å²) in [6.45, 7) is 1.52. The number of hydrogen-bond donors (Lipinski definition) is 1. The molecule has 0 spiro atoms. The average molecular weight is 655 g/mol. The standard InChI is InChI=1S/C35H30N2O7S2/c1-23-17-19-27(20-18-23)46(41,42)28-22-45-34-30(36-29(38)21-43-26-15-9-4-10-16-26)33(39)37(34)31(28)35(40)44-32(24-11-5-2-6-12-24)25-13-7-3-8-14-25/h2-20,30,32,34H,21-22H2,1H3,(H,36,38)/t30?,34-/m1/s1. The number of carbonyl (C=O) groups is 3. The summed E-state index contributed by atoms with van der Waals surface area (Å²) in [6, 6.07) is 32.2. The minimum Gasteiger partial charge on any atom is -0.484 e. The van der Waals surface area contributed by atoms with Gasteiger partial charge in [-0.25, -0.2) is 13.2 Å². The maximum absolute atomic E-state index is 14.2. The Balaban J connectivity index is 1.32. The Morgan fingerprint density at radius 2 is 1.43 bits per heavy atom. The number of carbonyl (C=O) groups excluding carboxylic acids is 3. The third-order valence-electron chi connectivity index (χ3n) is 7.64. The van der Waals surface area contributed by atoms with Crippen molar-refractivity contribution in [2.45, 2.75) is 29.3 Å². The third-order valence-corrected chi connectivity index (χ3v) is 11.0. The smallest absolute Gasteiger partial charge is 0.357 e. The van der Waals surface area contributed by atoms with Crippen molar-refractivity contribution in [2.24, 2.45) is 0 Å². The molecule has 1 fully saturated rings. The van der Waals surface area contributed by atoms with E-state index in [1.54, 1.807) is 60.7 Å². The zero-order valence-electron chi connectivity index (χ0n) is 24.7. The second kappa shape index (κ2) is 13.2. The van der Waals surface area contributed by atoms with Crippen LogP contribution in [-0.2, 0) is 29.0 Å². The molecular weight excluding hydrogens is 625 g/mol. The number of esters is 1. The van der Waals surface area contributed by atoms with Crippen LogP contribution in [0.25, 0.3) is 0 Å². The number of amides is 2. The van der Waals surface area contributed by atoms with E-state index in [-0.39, 0.29) is 27.9 Å². The van der Waals surface area contributed by atoms with Crippen LogP contribution in [0.1, 0.15) is 22.8 Å². The average Bonchev–Trinajstić information content (AvgIpc) is 3.09. The number of aryl methyl sites for hydroxylation is 1. The molecule has 0 saturated carbocycles. The highest BCUT2D eigenvalue weighted by molar-refractivity contribution is 8.02. The van der Waals surface area contributed by atoms with Crippen LogP contribution in [-0.4, -0.2) is 54.9 Å². The summed E-state index contributed by atoms with van der Waals surface area (Å²) in [5.41, 5.74) is 1.86. The minimum absolute atomic E-state index is 0.00370. The summed E-state index contributed by atoms with van der Waals surface area (Å²) in [5.74, 6) is -1.72. The van der Waals surface area contributed by atoms with E-state index in [1.165, 1.54) is 12.1 Å². The molecule has 2 aliphatic heterocycles. The summed E-state index contributed by atoms with van der Waals surface area (Å²) < 4.78 is 39.6. The number of thioether (sulfide) groups is 1. The molecule has 11 heteroatoms. The quantitative estimate of drug-likeness (QED) is 0.192. The third kappa shape index (κ3) is 6.29. The van der Waals surface area contributed by atoms with Crippen molar-refractivity contribution in [3.63, 3.8) is 0 Å². The van der Waals surface area contributed by atoms with Crippen LogP contribution in [0.2, 0.25) is 0 Å². The normalized spacial score (nSPS) is 17.6. The second-order valence-corrected chi connectivity index (χ2v) is 13.8. The van der Waals surface area contributed by atoms with Crippen molar-refractivity contribution in [1.82, 2.24) is 10.2 Å². The van der Waals surface area contributed by atoms with Crippen molar-refractivity contribution in [2.75, 3.05) is 12.4 Å². The van der Waals surface area contributed by atoms with Crippen LogP contribution < -0.4 is 10.1 Å².